The molecule has 0 aliphatic carbocycles. The average Bonchev–Trinajstić information content (AvgIpc) is 2.00. The molecule has 0 aliphatic heterocycles. The maximum absolute atomic E-state index is 5.61. The lowest BCUT2D eigenvalue weighted by Crippen LogP contribution is -2.44. The molecule has 0 aromatic carbocycles. The van der Waals surface area contributed by atoms with E-state index in [4.69, 9.17) is 11.6 Å². The fraction of sp³-hybridized carbons (Fsp3) is 1.00. The van der Waals surface area contributed by atoms with Crippen LogP contribution in [0.15, 0.2) is 0 Å². The minimum atomic E-state index is 0.799. The van der Waals surface area contributed by atoms with Crippen LogP contribution in [-0.4, -0.2) is 37.0 Å². The van der Waals surface area contributed by atoms with Gasteiger partial charge in [-0.3, -0.25) is 0 Å². The zero-order chi connectivity index (χ0) is 8.04. The van der Waals surface area contributed by atoms with E-state index in [0.717, 1.165) is 16.8 Å². The van der Waals surface area contributed by atoms with Gasteiger partial charge in [0.2, 0.25) is 0 Å². The highest BCUT2D eigenvalue weighted by Crippen LogP contribution is 2.02. The van der Waals surface area contributed by atoms with Crippen molar-refractivity contribution in [2.24, 2.45) is 0 Å². The lowest BCUT2D eigenvalue weighted by Gasteiger charge is -2.31. The first kappa shape index (κ1) is 10.2. The normalized spacial score (nSPS) is 12.0. The molecule has 0 unspecified atom stereocenters. The molecule has 1 nitrogen and oxygen atoms in total. The molecule has 0 bridgehead atoms. The molecular weight excluding hydrogens is 146 g/mol. The summed E-state index contributed by atoms with van der Waals surface area (Å²) >= 11 is 5.61. The summed E-state index contributed by atoms with van der Waals surface area (Å²) in [6, 6.07) is 0. The van der Waals surface area contributed by atoms with Gasteiger partial charge in [-0.05, 0) is 13.8 Å². The lowest BCUT2D eigenvalue weighted by atomic mass is 10.3. The van der Waals surface area contributed by atoms with E-state index in [1.165, 1.54) is 19.6 Å². The number of quaternary nitrogens is 1. The summed E-state index contributed by atoms with van der Waals surface area (Å²) in [6.45, 7) is 8.12. The zero-order valence-electron chi connectivity index (χ0n) is 7.36. The molecule has 0 aromatic rings. The Bertz CT molecular complexity index is 79.3. The Kier molecular flexibility index (Phi) is 5.10. The van der Waals surface area contributed by atoms with Gasteiger partial charge in [0, 0.05) is 12.3 Å². The van der Waals surface area contributed by atoms with Gasteiger partial charge in [0.05, 0.1) is 26.7 Å². The Hall–Kier alpha value is 0.250. The van der Waals surface area contributed by atoms with Gasteiger partial charge < -0.3 is 4.48 Å². The minimum absolute atomic E-state index is 0.799. The summed E-state index contributed by atoms with van der Waals surface area (Å²) in [5, 5.41) is 0. The molecule has 62 valence electrons. The van der Waals surface area contributed by atoms with E-state index in [1.54, 1.807) is 0 Å². The smallest absolute Gasteiger partial charge is 0.0795 e. The van der Waals surface area contributed by atoms with Gasteiger partial charge >= 0.3 is 0 Å². The predicted octanol–water partition coefficient (Wildman–Crippen LogP) is 2.10. The molecular formula is C8H19ClN+. The number of halogens is 1. The quantitative estimate of drug-likeness (QED) is 0.431. The summed E-state index contributed by atoms with van der Waals surface area (Å²) < 4.78 is 1.16. The van der Waals surface area contributed by atoms with Crippen molar-refractivity contribution in [3.63, 3.8) is 0 Å². The number of hydrogen-bond donors (Lipinski definition) is 0. The van der Waals surface area contributed by atoms with Crippen LogP contribution in [0.2, 0.25) is 0 Å². The number of rotatable bonds is 5. The second-order valence-electron chi connectivity index (χ2n) is 3.02. The van der Waals surface area contributed by atoms with Crippen LogP contribution in [0.3, 0.4) is 0 Å². The number of nitrogens with zero attached hydrogens (tertiary/aromatic N) is 1. The Morgan fingerprint density at radius 2 is 1.70 bits per heavy atom. The van der Waals surface area contributed by atoms with Gasteiger partial charge in [0.25, 0.3) is 0 Å². The van der Waals surface area contributed by atoms with Crippen LogP contribution in [0, 0.1) is 0 Å². The monoisotopic (exact) mass is 164 g/mol. The summed E-state index contributed by atoms with van der Waals surface area (Å²) in [7, 11) is 2.28. The lowest BCUT2D eigenvalue weighted by molar-refractivity contribution is -0.906. The summed E-state index contributed by atoms with van der Waals surface area (Å²) in [5.74, 6) is 0.799. The first-order valence-corrected chi connectivity index (χ1v) is 4.61. The first-order valence-electron chi connectivity index (χ1n) is 4.08. The Balaban J connectivity index is 3.58. The van der Waals surface area contributed by atoms with Crippen molar-refractivity contribution >= 4 is 11.6 Å². The van der Waals surface area contributed by atoms with E-state index in [0.29, 0.717) is 0 Å². The highest BCUT2D eigenvalue weighted by Gasteiger charge is 2.14. The van der Waals surface area contributed by atoms with Crippen molar-refractivity contribution in [1.82, 2.24) is 0 Å². The van der Waals surface area contributed by atoms with Gasteiger partial charge in [-0.25, -0.2) is 0 Å². The highest BCUT2D eigenvalue weighted by molar-refractivity contribution is 6.17. The van der Waals surface area contributed by atoms with Crippen LogP contribution in [0.1, 0.15) is 20.3 Å². The molecule has 0 radical (unpaired) electrons. The van der Waals surface area contributed by atoms with Gasteiger partial charge in [-0.2, -0.15) is 0 Å². The molecule has 0 saturated carbocycles. The summed E-state index contributed by atoms with van der Waals surface area (Å²) in [5.41, 5.74) is 0. The third-order valence-electron chi connectivity index (χ3n) is 2.36. The molecule has 0 N–H and O–H groups in total. The second kappa shape index (κ2) is 4.97. The molecule has 0 atom stereocenters. The SMILES string of the molecule is CC[N+](C)(CC)CCCCl. The Morgan fingerprint density at radius 3 is 2.00 bits per heavy atom. The van der Waals surface area contributed by atoms with Crippen molar-refractivity contribution in [2.45, 2.75) is 20.3 Å². The topological polar surface area (TPSA) is 0 Å². The predicted molar refractivity (Wildman–Crippen MR) is 47.5 cm³/mol. The first-order chi connectivity index (χ1) is 4.68. The Labute approximate surface area is 69.6 Å². The molecule has 10 heavy (non-hydrogen) atoms. The molecule has 2 heteroatoms. The van der Waals surface area contributed by atoms with Crippen LogP contribution in [0.4, 0.5) is 0 Å². The van der Waals surface area contributed by atoms with E-state index < -0.39 is 0 Å². The maximum Gasteiger partial charge on any atom is 0.0795 e. The highest BCUT2D eigenvalue weighted by atomic mass is 35.5. The second-order valence-corrected chi connectivity index (χ2v) is 3.40. The van der Waals surface area contributed by atoms with Crippen LogP contribution < -0.4 is 0 Å². The molecule has 0 amide bonds. The molecule has 0 spiro atoms. The van der Waals surface area contributed by atoms with E-state index in [2.05, 4.69) is 20.9 Å². The molecule has 0 heterocycles. The molecule has 0 aliphatic rings. The molecule has 0 fully saturated rings. The van der Waals surface area contributed by atoms with Gasteiger partial charge in [-0.15, -0.1) is 11.6 Å². The van der Waals surface area contributed by atoms with Crippen LogP contribution in [-0.2, 0) is 0 Å². The molecule has 0 saturated heterocycles. The largest absolute Gasteiger partial charge is 0.326 e. The van der Waals surface area contributed by atoms with Crippen molar-refractivity contribution in [1.29, 1.82) is 0 Å². The summed E-state index contributed by atoms with van der Waals surface area (Å²) in [6.07, 6.45) is 1.14. The number of alkyl halides is 1. The standard InChI is InChI=1S/C8H19ClN/c1-4-10(3,5-2)8-6-7-9/h4-8H2,1-3H3/q+1. The zero-order valence-corrected chi connectivity index (χ0v) is 8.12. The van der Waals surface area contributed by atoms with Crippen molar-refractivity contribution in [2.75, 3.05) is 32.6 Å². The minimum Gasteiger partial charge on any atom is -0.326 e. The van der Waals surface area contributed by atoms with Gasteiger partial charge in [0.1, 0.15) is 0 Å². The third-order valence-corrected chi connectivity index (χ3v) is 2.63. The molecule has 0 rings (SSSR count). The Morgan fingerprint density at radius 1 is 1.20 bits per heavy atom. The van der Waals surface area contributed by atoms with E-state index in [9.17, 15) is 0 Å². The van der Waals surface area contributed by atoms with Gasteiger partial charge in [-0.1, -0.05) is 0 Å². The fourth-order valence-corrected chi connectivity index (χ4v) is 1.10. The molecule has 0 aromatic heterocycles. The van der Waals surface area contributed by atoms with Crippen molar-refractivity contribution in [3.8, 4) is 0 Å². The van der Waals surface area contributed by atoms with E-state index >= 15 is 0 Å². The average molecular weight is 165 g/mol. The van der Waals surface area contributed by atoms with Crippen LogP contribution in [0.5, 0.6) is 0 Å². The van der Waals surface area contributed by atoms with Crippen molar-refractivity contribution < 1.29 is 4.48 Å². The fourth-order valence-electron chi connectivity index (χ4n) is 0.981. The van der Waals surface area contributed by atoms with E-state index in [1.807, 2.05) is 0 Å². The van der Waals surface area contributed by atoms with Crippen LogP contribution >= 0.6 is 11.6 Å². The number of hydrogen-bond acceptors (Lipinski definition) is 0. The third kappa shape index (κ3) is 3.43. The van der Waals surface area contributed by atoms with Crippen molar-refractivity contribution in [3.05, 3.63) is 0 Å². The summed E-state index contributed by atoms with van der Waals surface area (Å²) in [4.78, 5) is 0. The van der Waals surface area contributed by atoms with Crippen LogP contribution in [0.25, 0.3) is 0 Å². The maximum atomic E-state index is 5.61. The van der Waals surface area contributed by atoms with E-state index in [-0.39, 0.29) is 0 Å². The van der Waals surface area contributed by atoms with Gasteiger partial charge in [0.15, 0.2) is 0 Å².